The number of carbonyl (C=O) groups is 3. The van der Waals surface area contributed by atoms with Crippen molar-refractivity contribution < 1.29 is 27.6 Å². The van der Waals surface area contributed by atoms with E-state index in [1.807, 2.05) is 5.32 Å². The number of halogens is 3. The van der Waals surface area contributed by atoms with Gasteiger partial charge in [0.05, 0.1) is 11.3 Å². The van der Waals surface area contributed by atoms with Gasteiger partial charge in [0.1, 0.15) is 16.4 Å². The Morgan fingerprint density at radius 3 is 2.46 bits per heavy atom. The summed E-state index contributed by atoms with van der Waals surface area (Å²) in [6.45, 7) is 1.27. The van der Waals surface area contributed by atoms with Gasteiger partial charge in [-0.25, -0.2) is 14.8 Å². The van der Waals surface area contributed by atoms with E-state index in [9.17, 15) is 27.6 Å². The first-order valence-electron chi connectivity index (χ1n) is 7.22. The van der Waals surface area contributed by atoms with Gasteiger partial charge < -0.3 is 0 Å². The quantitative estimate of drug-likeness (QED) is 0.795. The van der Waals surface area contributed by atoms with Crippen LogP contribution in [0.2, 0.25) is 0 Å². The molecule has 0 spiro atoms. The molecule has 7 nitrogen and oxygen atoms in total. The second kappa shape index (κ2) is 6.41. The van der Waals surface area contributed by atoms with Gasteiger partial charge in [0.25, 0.3) is 5.91 Å². The molecule has 11 heteroatoms. The number of imide groups is 1. The van der Waals surface area contributed by atoms with Crippen molar-refractivity contribution in [2.75, 3.05) is 6.54 Å². The highest BCUT2D eigenvalue weighted by molar-refractivity contribution is 7.17. The summed E-state index contributed by atoms with van der Waals surface area (Å²) in [5.74, 6) is -1.18. The lowest BCUT2D eigenvalue weighted by molar-refractivity contribution is -0.137. The van der Waals surface area contributed by atoms with Crippen molar-refractivity contribution in [1.29, 1.82) is 0 Å². The standard InChI is InChI=1S/C15H11F3N4O3S/c1-7-11(12(24)21-22-6-10(23)20-14(22)25)26-13(19-7)8-2-4-9(5-3-8)15(16,17)18/h2-5H,6H2,1H3,(H,21,24)(H,20,23,25). The van der Waals surface area contributed by atoms with Crippen LogP contribution in [-0.2, 0) is 11.0 Å². The second-order valence-electron chi connectivity index (χ2n) is 5.39. The van der Waals surface area contributed by atoms with Crippen LogP contribution >= 0.6 is 11.3 Å². The third-order valence-electron chi connectivity index (χ3n) is 3.49. The molecule has 1 fully saturated rings. The molecule has 1 aliphatic rings. The minimum Gasteiger partial charge on any atom is -0.275 e. The Bertz CT molecular complexity index is 893. The Hall–Kier alpha value is -2.95. The van der Waals surface area contributed by atoms with Crippen LogP contribution in [0, 0.1) is 6.92 Å². The molecular weight excluding hydrogens is 373 g/mol. The largest absolute Gasteiger partial charge is 0.416 e. The van der Waals surface area contributed by atoms with Crippen molar-refractivity contribution in [3.05, 3.63) is 40.4 Å². The summed E-state index contributed by atoms with van der Waals surface area (Å²) in [5, 5.41) is 3.22. The molecule has 1 aliphatic heterocycles. The predicted octanol–water partition coefficient (Wildman–Crippen LogP) is 2.33. The zero-order valence-corrected chi connectivity index (χ0v) is 14.0. The molecule has 0 unspecified atom stereocenters. The lowest BCUT2D eigenvalue weighted by atomic mass is 10.1. The van der Waals surface area contributed by atoms with Gasteiger partial charge in [0, 0.05) is 5.56 Å². The van der Waals surface area contributed by atoms with Gasteiger partial charge in [-0.15, -0.1) is 11.3 Å². The van der Waals surface area contributed by atoms with Crippen LogP contribution in [-0.4, -0.2) is 34.4 Å². The number of aryl methyl sites for hydroxylation is 1. The van der Waals surface area contributed by atoms with E-state index < -0.39 is 29.6 Å². The molecule has 1 saturated heterocycles. The maximum absolute atomic E-state index is 12.6. The molecule has 26 heavy (non-hydrogen) atoms. The predicted molar refractivity (Wildman–Crippen MR) is 85.0 cm³/mol. The molecule has 0 bridgehead atoms. The van der Waals surface area contributed by atoms with E-state index in [-0.39, 0.29) is 11.4 Å². The number of rotatable bonds is 3. The number of alkyl halides is 3. The van der Waals surface area contributed by atoms with Crippen molar-refractivity contribution in [3.8, 4) is 10.6 Å². The van der Waals surface area contributed by atoms with Crippen molar-refractivity contribution in [2.24, 2.45) is 0 Å². The van der Waals surface area contributed by atoms with E-state index in [0.29, 0.717) is 16.3 Å². The van der Waals surface area contributed by atoms with Crippen LogP contribution in [0.1, 0.15) is 20.9 Å². The number of urea groups is 1. The highest BCUT2D eigenvalue weighted by Gasteiger charge is 2.31. The van der Waals surface area contributed by atoms with E-state index in [1.54, 1.807) is 6.92 Å². The van der Waals surface area contributed by atoms with Gasteiger partial charge in [-0.05, 0) is 19.1 Å². The number of hydrogen-bond acceptors (Lipinski definition) is 5. The zero-order valence-electron chi connectivity index (χ0n) is 13.2. The average molecular weight is 384 g/mol. The summed E-state index contributed by atoms with van der Waals surface area (Å²) in [4.78, 5) is 39.2. The maximum atomic E-state index is 12.6. The lowest BCUT2D eigenvalue weighted by Gasteiger charge is -2.13. The third kappa shape index (κ3) is 3.52. The molecule has 136 valence electrons. The molecule has 3 rings (SSSR count). The zero-order chi connectivity index (χ0) is 19.1. The summed E-state index contributed by atoms with van der Waals surface area (Å²) < 4.78 is 37.9. The van der Waals surface area contributed by atoms with Gasteiger partial charge in [0.2, 0.25) is 5.91 Å². The molecule has 1 aromatic carbocycles. The molecule has 1 aromatic heterocycles. The Morgan fingerprint density at radius 2 is 1.92 bits per heavy atom. The smallest absolute Gasteiger partial charge is 0.275 e. The summed E-state index contributed by atoms with van der Waals surface area (Å²) in [7, 11) is 0. The number of thiazole rings is 1. The van der Waals surface area contributed by atoms with Gasteiger partial charge >= 0.3 is 12.2 Å². The highest BCUT2D eigenvalue weighted by atomic mass is 32.1. The molecule has 4 amide bonds. The van der Waals surface area contributed by atoms with Crippen LogP contribution in [0.3, 0.4) is 0 Å². The van der Waals surface area contributed by atoms with Gasteiger partial charge in [-0.2, -0.15) is 13.2 Å². The number of hydrazine groups is 1. The number of hydrogen-bond donors (Lipinski definition) is 2. The first-order chi connectivity index (χ1) is 12.1. The monoisotopic (exact) mass is 384 g/mol. The summed E-state index contributed by atoms with van der Waals surface area (Å²) >= 11 is 0.972. The molecular formula is C15H11F3N4O3S. The van der Waals surface area contributed by atoms with Crippen LogP contribution < -0.4 is 10.7 Å². The van der Waals surface area contributed by atoms with E-state index >= 15 is 0 Å². The van der Waals surface area contributed by atoms with Gasteiger partial charge in [0.15, 0.2) is 0 Å². The fraction of sp³-hybridized carbons (Fsp3) is 0.200. The number of nitrogens with zero attached hydrogens (tertiary/aromatic N) is 2. The van der Waals surface area contributed by atoms with E-state index in [2.05, 4.69) is 10.4 Å². The molecule has 0 atom stereocenters. The fourth-order valence-electron chi connectivity index (χ4n) is 2.24. The first kappa shape index (κ1) is 17.9. The minimum absolute atomic E-state index is 0.187. The van der Waals surface area contributed by atoms with Crippen LogP contribution in [0.25, 0.3) is 10.6 Å². The van der Waals surface area contributed by atoms with Gasteiger partial charge in [-0.1, -0.05) is 12.1 Å². The first-order valence-corrected chi connectivity index (χ1v) is 8.04. The van der Waals surface area contributed by atoms with Crippen molar-refractivity contribution >= 4 is 29.2 Å². The normalized spacial score (nSPS) is 14.5. The van der Waals surface area contributed by atoms with Crippen LogP contribution in [0.5, 0.6) is 0 Å². The fourth-order valence-corrected chi connectivity index (χ4v) is 3.20. The molecule has 2 aromatic rings. The Kier molecular flexibility index (Phi) is 4.40. The van der Waals surface area contributed by atoms with E-state index in [4.69, 9.17) is 0 Å². The van der Waals surface area contributed by atoms with Crippen LogP contribution in [0.15, 0.2) is 24.3 Å². The molecule has 0 saturated carbocycles. The average Bonchev–Trinajstić information content (AvgIpc) is 3.09. The number of aromatic nitrogens is 1. The van der Waals surface area contributed by atoms with Crippen molar-refractivity contribution in [2.45, 2.75) is 13.1 Å². The summed E-state index contributed by atoms with van der Waals surface area (Å²) in [6, 6.07) is 3.68. The Morgan fingerprint density at radius 1 is 1.27 bits per heavy atom. The summed E-state index contributed by atoms with van der Waals surface area (Å²) in [6.07, 6.45) is -4.43. The van der Waals surface area contributed by atoms with Gasteiger partial charge in [-0.3, -0.25) is 20.3 Å². The SMILES string of the molecule is Cc1nc(-c2ccc(C(F)(F)F)cc2)sc1C(=O)NN1CC(=O)NC1=O. The number of benzene rings is 1. The van der Waals surface area contributed by atoms with Crippen molar-refractivity contribution in [1.82, 2.24) is 20.7 Å². The topological polar surface area (TPSA) is 91.4 Å². The third-order valence-corrected chi connectivity index (χ3v) is 4.70. The molecule has 0 aliphatic carbocycles. The summed E-state index contributed by atoms with van der Waals surface area (Å²) in [5.41, 5.74) is 2.30. The minimum atomic E-state index is -4.43. The number of nitrogens with one attached hydrogen (secondary N) is 2. The number of carbonyl (C=O) groups excluding carboxylic acids is 3. The van der Waals surface area contributed by atoms with Crippen molar-refractivity contribution in [3.63, 3.8) is 0 Å². The Labute approximate surface area is 148 Å². The lowest BCUT2D eigenvalue weighted by Crippen LogP contribution is -2.44. The van der Waals surface area contributed by atoms with E-state index in [0.717, 1.165) is 28.5 Å². The second-order valence-corrected chi connectivity index (χ2v) is 6.39. The molecule has 0 radical (unpaired) electrons. The Balaban J connectivity index is 1.79. The van der Waals surface area contributed by atoms with E-state index in [1.165, 1.54) is 12.1 Å². The highest BCUT2D eigenvalue weighted by Crippen LogP contribution is 2.33. The number of amides is 4. The maximum Gasteiger partial charge on any atom is 0.416 e. The van der Waals surface area contributed by atoms with Crippen LogP contribution in [0.4, 0.5) is 18.0 Å². The molecule has 2 N–H and O–H groups in total. The molecule has 2 heterocycles.